The fourth-order valence-corrected chi connectivity index (χ4v) is 2.89. The van der Waals surface area contributed by atoms with Crippen molar-refractivity contribution in [3.05, 3.63) is 0 Å². The molecule has 0 bridgehead atoms. The van der Waals surface area contributed by atoms with E-state index in [1.807, 2.05) is 0 Å². The SMILES string of the molecule is CCCN1CNC(=S)N(N2CN(CCC)CNC2=S)C1. The van der Waals surface area contributed by atoms with Gasteiger partial charge in [-0.3, -0.25) is 9.80 Å². The lowest BCUT2D eigenvalue weighted by Gasteiger charge is -2.48. The van der Waals surface area contributed by atoms with Crippen LogP contribution in [0, 0.1) is 0 Å². The van der Waals surface area contributed by atoms with Crippen LogP contribution in [0.2, 0.25) is 0 Å². The van der Waals surface area contributed by atoms with E-state index in [9.17, 15) is 0 Å². The zero-order valence-electron chi connectivity index (χ0n) is 12.3. The summed E-state index contributed by atoms with van der Waals surface area (Å²) in [6.45, 7) is 9.70. The maximum atomic E-state index is 5.44. The summed E-state index contributed by atoms with van der Waals surface area (Å²) in [5, 5.41) is 12.2. The molecule has 20 heavy (non-hydrogen) atoms. The minimum atomic E-state index is 0.750. The molecule has 6 nitrogen and oxygen atoms in total. The Bertz CT molecular complexity index is 330. The van der Waals surface area contributed by atoms with Gasteiger partial charge >= 0.3 is 0 Å². The average molecular weight is 316 g/mol. The maximum Gasteiger partial charge on any atom is 0.190 e. The van der Waals surface area contributed by atoms with Crippen molar-refractivity contribution in [2.75, 3.05) is 39.8 Å². The smallest absolute Gasteiger partial charge is 0.190 e. The van der Waals surface area contributed by atoms with E-state index in [2.05, 4.69) is 44.3 Å². The van der Waals surface area contributed by atoms with Crippen LogP contribution in [0.1, 0.15) is 26.7 Å². The third-order valence-electron chi connectivity index (χ3n) is 3.42. The highest BCUT2D eigenvalue weighted by molar-refractivity contribution is 7.80. The van der Waals surface area contributed by atoms with E-state index in [0.29, 0.717) is 0 Å². The molecule has 0 atom stereocenters. The fraction of sp³-hybridized carbons (Fsp3) is 0.833. The molecule has 114 valence electrons. The van der Waals surface area contributed by atoms with Crippen molar-refractivity contribution in [2.45, 2.75) is 26.7 Å². The van der Waals surface area contributed by atoms with Crippen LogP contribution in [0.5, 0.6) is 0 Å². The molecule has 0 aromatic carbocycles. The molecular weight excluding hydrogens is 292 g/mol. The Labute approximate surface area is 132 Å². The summed E-state index contributed by atoms with van der Waals surface area (Å²) in [6.07, 6.45) is 2.26. The molecule has 2 rings (SSSR count). The number of hydrogen-bond donors (Lipinski definition) is 2. The van der Waals surface area contributed by atoms with E-state index in [1.54, 1.807) is 0 Å². The Hall–Kier alpha value is -0.700. The number of hydrazine groups is 1. The van der Waals surface area contributed by atoms with Crippen LogP contribution in [-0.4, -0.2) is 69.8 Å². The van der Waals surface area contributed by atoms with Crippen LogP contribution in [0.4, 0.5) is 0 Å². The summed E-state index contributed by atoms with van der Waals surface area (Å²) in [6, 6.07) is 0. The first-order valence-corrected chi connectivity index (χ1v) is 8.02. The van der Waals surface area contributed by atoms with Gasteiger partial charge in [0.05, 0.1) is 26.7 Å². The Balaban J connectivity index is 2.02. The van der Waals surface area contributed by atoms with Crippen molar-refractivity contribution in [1.82, 2.24) is 30.5 Å². The number of thiocarbonyl (C=S) groups is 2. The average Bonchev–Trinajstić information content (AvgIpc) is 2.44. The summed E-state index contributed by atoms with van der Waals surface area (Å²) in [5.74, 6) is 0. The topological polar surface area (TPSA) is 37.0 Å². The van der Waals surface area contributed by atoms with Gasteiger partial charge in [-0.2, -0.15) is 0 Å². The molecule has 2 fully saturated rings. The van der Waals surface area contributed by atoms with Gasteiger partial charge in [0.15, 0.2) is 10.2 Å². The van der Waals surface area contributed by atoms with Crippen LogP contribution < -0.4 is 10.6 Å². The standard InChI is InChI=1S/C12H24N6S2/c1-3-5-15-7-13-11(19)17(9-15)18-10-16(6-4-2)8-14-12(18)20/h3-10H2,1-2H3,(H,13,19)(H,14,20). The van der Waals surface area contributed by atoms with Crippen LogP contribution in [0.25, 0.3) is 0 Å². The zero-order chi connectivity index (χ0) is 14.5. The summed E-state index contributed by atoms with van der Waals surface area (Å²) in [5.41, 5.74) is 0. The molecule has 0 spiro atoms. The number of nitrogens with zero attached hydrogens (tertiary/aromatic N) is 4. The lowest BCUT2D eigenvalue weighted by atomic mass is 10.4. The van der Waals surface area contributed by atoms with Gasteiger partial charge in [-0.25, -0.2) is 10.0 Å². The first-order chi connectivity index (χ1) is 9.65. The van der Waals surface area contributed by atoms with E-state index >= 15 is 0 Å². The summed E-state index contributed by atoms with van der Waals surface area (Å²) in [4.78, 5) is 4.66. The lowest BCUT2D eigenvalue weighted by Crippen LogP contribution is -2.68. The second kappa shape index (κ2) is 7.35. The summed E-state index contributed by atoms with van der Waals surface area (Å²) in [7, 11) is 0. The van der Waals surface area contributed by atoms with Crippen molar-refractivity contribution in [1.29, 1.82) is 0 Å². The first-order valence-electron chi connectivity index (χ1n) is 7.21. The van der Waals surface area contributed by atoms with Crippen molar-refractivity contribution >= 4 is 34.7 Å². The van der Waals surface area contributed by atoms with Gasteiger partial charge in [0.2, 0.25) is 0 Å². The predicted molar refractivity (Wildman–Crippen MR) is 88.6 cm³/mol. The Morgan fingerprint density at radius 1 is 0.850 bits per heavy atom. The molecule has 2 aliphatic heterocycles. The third kappa shape index (κ3) is 3.69. The molecule has 0 saturated carbocycles. The lowest BCUT2D eigenvalue weighted by molar-refractivity contribution is -0.0147. The third-order valence-corrected chi connectivity index (χ3v) is 4.13. The number of hydrogen-bond acceptors (Lipinski definition) is 4. The van der Waals surface area contributed by atoms with Gasteiger partial charge in [-0.1, -0.05) is 13.8 Å². The highest BCUT2D eigenvalue weighted by Gasteiger charge is 2.30. The highest BCUT2D eigenvalue weighted by Crippen LogP contribution is 2.11. The van der Waals surface area contributed by atoms with Crippen molar-refractivity contribution in [3.63, 3.8) is 0 Å². The molecule has 2 aliphatic rings. The molecule has 0 aromatic heterocycles. The highest BCUT2D eigenvalue weighted by atomic mass is 32.1. The fourth-order valence-electron chi connectivity index (χ4n) is 2.45. The van der Waals surface area contributed by atoms with Crippen LogP contribution in [0.15, 0.2) is 0 Å². The monoisotopic (exact) mass is 316 g/mol. The van der Waals surface area contributed by atoms with Crippen LogP contribution >= 0.6 is 24.4 Å². The van der Waals surface area contributed by atoms with E-state index in [4.69, 9.17) is 24.4 Å². The minimum Gasteiger partial charge on any atom is -0.348 e. The normalized spacial score (nSPS) is 21.9. The quantitative estimate of drug-likeness (QED) is 0.712. The molecule has 0 radical (unpaired) electrons. The van der Waals surface area contributed by atoms with Gasteiger partial charge in [0.25, 0.3) is 0 Å². The minimum absolute atomic E-state index is 0.750. The molecule has 2 saturated heterocycles. The van der Waals surface area contributed by atoms with Crippen molar-refractivity contribution in [2.24, 2.45) is 0 Å². The Morgan fingerprint density at radius 3 is 1.60 bits per heavy atom. The molecule has 8 heteroatoms. The molecule has 0 aromatic rings. The first kappa shape index (κ1) is 15.7. The van der Waals surface area contributed by atoms with E-state index < -0.39 is 0 Å². The summed E-state index contributed by atoms with van der Waals surface area (Å²) >= 11 is 10.9. The molecule has 0 aliphatic carbocycles. The van der Waals surface area contributed by atoms with Crippen molar-refractivity contribution in [3.8, 4) is 0 Å². The number of rotatable bonds is 5. The number of nitrogens with one attached hydrogen (secondary N) is 2. The Kier molecular flexibility index (Phi) is 5.76. The maximum absolute atomic E-state index is 5.44. The zero-order valence-corrected chi connectivity index (χ0v) is 13.9. The van der Waals surface area contributed by atoms with Gasteiger partial charge < -0.3 is 10.6 Å². The van der Waals surface area contributed by atoms with Crippen molar-refractivity contribution < 1.29 is 0 Å². The largest absolute Gasteiger partial charge is 0.348 e. The Morgan fingerprint density at radius 2 is 1.25 bits per heavy atom. The molecule has 0 unspecified atom stereocenters. The van der Waals surface area contributed by atoms with Gasteiger partial charge in [-0.15, -0.1) is 0 Å². The molecule has 2 heterocycles. The van der Waals surface area contributed by atoms with Gasteiger partial charge in [0, 0.05) is 13.1 Å². The summed E-state index contributed by atoms with van der Waals surface area (Å²) < 4.78 is 0. The molecule has 0 amide bonds. The van der Waals surface area contributed by atoms with Gasteiger partial charge in [0.1, 0.15) is 0 Å². The molecular formula is C12H24N6S2. The van der Waals surface area contributed by atoms with Gasteiger partial charge in [-0.05, 0) is 37.3 Å². The van der Waals surface area contributed by atoms with E-state index in [1.165, 1.54) is 0 Å². The van der Waals surface area contributed by atoms with Crippen LogP contribution in [0.3, 0.4) is 0 Å². The van der Waals surface area contributed by atoms with E-state index in [-0.39, 0.29) is 0 Å². The second-order valence-electron chi connectivity index (χ2n) is 5.15. The van der Waals surface area contributed by atoms with E-state index in [0.717, 1.165) is 62.8 Å². The molecule has 2 N–H and O–H groups in total. The predicted octanol–water partition coefficient (Wildman–Crippen LogP) is 0.536. The van der Waals surface area contributed by atoms with Crippen LogP contribution in [-0.2, 0) is 0 Å². The second-order valence-corrected chi connectivity index (χ2v) is 5.92.